The fourth-order valence-corrected chi connectivity index (χ4v) is 2.36. The molecule has 0 aromatic heterocycles. The average molecular weight is 387 g/mol. The first-order valence-corrected chi connectivity index (χ1v) is 8.58. The van der Waals surface area contributed by atoms with E-state index in [2.05, 4.69) is 10.6 Å². The van der Waals surface area contributed by atoms with Crippen molar-refractivity contribution < 1.29 is 24.0 Å². The van der Waals surface area contributed by atoms with Crippen LogP contribution in [0.25, 0.3) is 0 Å². The molecule has 0 heterocycles. The number of hydrogen-bond donors (Lipinski definition) is 2. The minimum absolute atomic E-state index is 0.0286. The Labute approximate surface area is 161 Å². The number of nitrogens with one attached hydrogen (secondary N) is 2. The van der Waals surface area contributed by atoms with Crippen molar-refractivity contribution in [2.75, 3.05) is 25.6 Å². The molecule has 0 aliphatic heterocycles. The molecular formula is C19H21N3O6. The molecule has 0 radical (unpaired) electrons. The zero-order valence-electron chi connectivity index (χ0n) is 15.6. The van der Waals surface area contributed by atoms with Crippen LogP contribution in [0, 0.1) is 10.1 Å². The van der Waals surface area contributed by atoms with Crippen molar-refractivity contribution in [3.05, 3.63) is 58.1 Å². The molecule has 0 unspecified atom stereocenters. The van der Waals surface area contributed by atoms with Crippen LogP contribution in [0.5, 0.6) is 11.5 Å². The summed E-state index contributed by atoms with van der Waals surface area (Å²) < 4.78 is 10.3. The number of nitro benzene ring substituents is 1. The molecule has 0 fully saturated rings. The van der Waals surface area contributed by atoms with E-state index in [0.717, 1.165) is 6.42 Å². The third kappa shape index (κ3) is 5.44. The molecule has 9 nitrogen and oxygen atoms in total. The van der Waals surface area contributed by atoms with Gasteiger partial charge in [-0.3, -0.25) is 19.7 Å². The Kier molecular flexibility index (Phi) is 7.32. The number of anilines is 1. The summed E-state index contributed by atoms with van der Waals surface area (Å²) in [6, 6.07) is 10.6. The van der Waals surface area contributed by atoms with Gasteiger partial charge in [0, 0.05) is 18.7 Å². The third-order valence-corrected chi connectivity index (χ3v) is 3.70. The lowest BCUT2D eigenvalue weighted by atomic mass is 10.1. The van der Waals surface area contributed by atoms with E-state index in [9.17, 15) is 19.7 Å². The van der Waals surface area contributed by atoms with Crippen molar-refractivity contribution in [2.24, 2.45) is 0 Å². The summed E-state index contributed by atoms with van der Waals surface area (Å²) in [6.45, 7) is 2.14. The first kappa shape index (κ1) is 20.7. The minimum Gasteiger partial charge on any atom is -0.490 e. The van der Waals surface area contributed by atoms with Crippen LogP contribution in [0.4, 0.5) is 11.4 Å². The molecule has 9 heteroatoms. The predicted octanol–water partition coefficient (Wildman–Crippen LogP) is 2.76. The van der Waals surface area contributed by atoms with Crippen LogP contribution in [0.1, 0.15) is 23.7 Å². The average Bonchev–Trinajstić information content (AvgIpc) is 2.70. The van der Waals surface area contributed by atoms with E-state index in [1.54, 1.807) is 24.3 Å². The van der Waals surface area contributed by atoms with Gasteiger partial charge in [-0.1, -0.05) is 19.1 Å². The van der Waals surface area contributed by atoms with E-state index in [0.29, 0.717) is 17.8 Å². The number of nitrogens with zero attached hydrogens (tertiary/aromatic N) is 1. The van der Waals surface area contributed by atoms with Gasteiger partial charge in [-0.05, 0) is 24.6 Å². The van der Waals surface area contributed by atoms with Gasteiger partial charge in [-0.25, -0.2) is 0 Å². The number of nitro groups is 1. The molecule has 0 spiro atoms. The van der Waals surface area contributed by atoms with Crippen molar-refractivity contribution in [3.8, 4) is 11.5 Å². The zero-order valence-corrected chi connectivity index (χ0v) is 15.6. The van der Waals surface area contributed by atoms with E-state index >= 15 is 0 Å². The Morgan fingerprint density at radius 2 is 1.93 bits per heavy atom. The lowest BCUT2D eigenvalue weighted by molar-refractivity contribution is -0.385. The molecule has 28 heavy (non-hydrogen) atoms. The van der Waals surface area contributed by atoms with E-state index in [-0.39, 0.29) is 29.7 Å². The third-order valence-electron chi connectivity index (χ3n) is 3.70. The normalized spacial score (nSPS) is 10.1. The largest absolute Gasteiger partial charge is 0.490 e. The molecule has 0 saturated carbocycles. The molecule has 2 amide bonds. The maximum atomic E-state index is 12.2. The first-order chi connectivity index (χ1) is 13.5. The maximum Gasteiger partial charge on any atom is 0.311 e. The predicted molar refractivity (Wildman–Crippen MR) is 103 cm³/mol. The number of para-hydroxylation sites is 1. The molecule has 0 bridgehead atoms. The molecule has 0 atom stereocenters. The minimum atomic E-state index is -0.574. The van der Waals surface area contributed by atoms with Crippen LogP contribution < -0.4 is 20.1 Å². The Bertz CT molecular complexity index is 868. The molecule has 2 N–H and O–H groups in total. The summed E-state index contributed by atoms with van der Waals surface area (Å²) in [4.78, 5) is 34.7. The van der Waals surface area contributed by atoms with Crippen LogP contribution in [-0.2, 0) is 4.79 Å². The molecule has 2 aromatic carbocycles. The molecular weight excluding hydrogens is 366 g/mol. The van der Waals surface area contributed by atoms with Gasteiger partial charge >= 0.3 is 5.69 Å². The lowest BCUT2D eigenvalue weighted by Crippen LogP contribution is -2.27. The number of methoxy groups -OCH3 is 1. The van der Waals surface area contributed by atoms with Gasteiger partial charge in [-0.15, -0.1) is 0 Å². The van der Waals surface area contributed by atoms with Gasteiger partial charge in [0.2, 0.25) is 5.75 Å². The second-order valence-corrected chi connectivity index (χ2v) is 5.73. The fraction of sp³-hybridized carbons (Fsp3) is 0.263. The Balaban J connectivity index is 2.02. The lowest BCUT2D eigenvalue weighted by Gasteiger charge is -2.12. The topological polar surface area (TPSA) is 120 Å². The molecule has 0 saturated heterocycles. The number of rotatable bonds is 9. The second-order valence-electron chi connectivity index (χ2n) is 5.73. The van der Waals surface area contributed by atoms with Gasteiger partial charge in [0.15, 0.2) is 6.61 Å². The van der Waals surface area contributed by atoms with Gasteiger partial charge < -0.3 is 20.1 Å². The number of carbonyl (C=O) groups excluding carboxylic acids is 2. The van der Waals surface area contributed by atoms with Gasteiger partial charge in [0.05, 0.1) is 23.3 Å². The Hall–Kier alpha value is -3.62. The van der Waals surface area contributed by atoms with E-state index in [4.69, 9.17) is 9.47 Å². The van der Waals surface area contributed by atoms with Crippen molar-refractivity contribution >= 4 is 23.2 Å². The van der Waals surface area contributed by atoms with E-state index in [1.807, 2.05) is 6.92 Å². The number of benzene rings is 2. The van der Waals surface area contributed by atoms with Crippen LogP contribution in [-0.4, -0.2) is 37.0 Å². The summed E-state index contributed by atoms with van der Waals surface area (Å²) in [6.07, 6.45) is 0.798. The maximum absolute atomic E-state index is 12.2. The second kappa shape index (κ2) is 9.91. The van der Waals surface area contributed by atoms with Crippen molar-refractivity contribution in [1.82, 2.24) is 5.32 Å². The summed E-state index contributed by atoms with van der Waals surface area (Å²) >= 11 is 0. The first-order valence-electron chi connectivity index (χ1n) is 8.58. The van der Waals surface area contributed by atoms with Gasteiger partial charge in [0.25, 0.3) is 11.8 Å². The standard InChI is InChI=1S/C19H21N3O6/c1-3-10-20-19(24)14-6-4-5-7-15(14)21-18(23)12-28-13-8-9-16(22(25)26)17(11-13)27-2/h4-9,11H,3,10,12H2,1-2H3,(H,20,24)(H,21,23). The van der Waals surface area contributed by atoms with E-state index in [1.165, 1.54) is 25.3 Å². The Morgan fingerprint density at radius 1 is 1.18 bits per heavy atom. The smallest absolute Gasteiger partial charge is 0.311 e. The molecule has 2 aromatic rings. The zero-order chi connectivity index (χ0) is 20.5. The number of carbonyl (C=O) groups is 2. The highest BCUT2D eigenvalue weighted by Gasteiger charge is 2.16. The SMILES string of the molecule is CCCNC(=O)c1ccccc1NC(=O)COc1ccc([N+](=O)[O-])c(OC)c1. The fourth-order valence-electron chi connectivity index (χ4n) is 2.36. The van der Waals surface area contributed by atoms with Crippen LogP contribution in [0.15, 0.2) is 42.5 Å². The summed E-state index contributed by atoms with van der Waals surface area (Å²) in [5.41, 5.74) is 0.513. The molecule has 0 aliphatic rings. The summed E-state index contributed by atoms with van der Waals surface area (Å²) in [5.74, 6) is -0.487. The molecule has 148 valence electrons. The van der Waals surface area contributed by atoms with Crippen LogP contribution in [0.2, 0.25) is 0 Å². The Morgan fingerprint density at radius 3 is 2.61 bits per heavy atom. The van der Waals surface area contributed by atoms with Crippen molar-refractivity contribution in [3.63, 3.8) is 0 Å². The van der Waals surface area contributed by atoms with Gasteiger partial charge in [-0.2, -0.15) is 0 Å². The monoisotopic (exact) mass is 387 g/mol. The highest BCUT2D eigenvalue weighted by atomic mass is 16.6. The highest BCUT2D eigenvalue weighted by Crippen LogP contribution is 2.30. The van der Waals surface area contributed by atoms with Crippen molar-refractivity contribution in [1.29, 1.82) is 0 Å². The van der Waals surface area contributed by atoms with Crippen LogP contribution in [0.3, 0.4) is 0 Å². The quantitative estimate of drug-likeness (QED) is 0.504. The van der Waals surface area contributed by atoms with Gasteiger partial charge in [0.1, 0.15) is 5.75 Å². The number of hydrogen-bond acceptors (Lipinski definition) is 6. The summed E-state index contributed by atoms with van der Waals surface area (Å²) in [7, 11) is 1.30. The van der Waals surface area contributed by atoms with Crippen LogP contribution >= 0.6 is 0 Å². The summed E-state index contributed by atoms with van der Waals surface area (Å²) in [5, 5.41) is 16.3. The van der Waals surface area contributed by atoms with E-state index < -0.39 is 10.8 Å². The highest BCUT2D eigenvalue weighted by molar-refractivity contribution is 6.04. The molecule has 0 aliphatic carbocycles. The molecule has 2 rings (SSSR count). The van der Waals surface area contributed by atoms with Crippen molar-refractivity contribution in [2.45, 2.75) is 13.3 Å². The number of ether oxygens (including phenoxy) is 2. The number of amides is 2.